The Hall–Kier alpha value is -2.57. The van der Waals surface area contributed by atoms with Crippen LogP contribution in [0.3, 0.4) is 0 Å². The first kappa shape index (κ1) is 20.7. The maximum Gasteiger partial charge on any atom is 0.306 e. The third-order valence-electron chi connectivity index (χ3n) is 4.50. The number of esters is 1. The van der Waals surface area contributed by atoms with E-state index in [1.165, 1.54) is 13.5 Å². The standard InChI is InChI=1S/C20H28N2O5/c1-26-17-11-6-5-10-16(17)22-19(24)14-27-20(25)13-7-12-18(23)21-15-8-3-2-4-9-15/h5-6,10-11,15H,2-4,7-9,12-14H2,1H3,(H,21,23)(H,22,24). The molecule has 0 atom stereocenters. The molecule has 1 aromatic carbocycles. The van der Waals surface area contributed by atoms with E-state index in [9.17, 15) is 14.4 Å². The molecule has 0 aliphatic heterocycles. The van der Waals surface area contributed by atoms with Gasteiger partial charge in [-0.1, -0.05) is 31.4 Å². The van der Waals surface area contributed by atoms with Crippen molar-refractivity contribution in [3.8, 4) is 5.75 Å². The lowest BCUT2D eigenvalue weighted by Crippen LogP contribution is -2.36. The van der Waals surface area contributed by atoms with Gasteiger partial charge in [0.1, 0.15) is 5.75 Å². The summed E-state index contributed by atoms with van der Waals surface area (Å²) in [4.78, 5) is 35.5. The molecule has 7 nitrogen and oxygen atoms in total. The topological polar surface area (TPSA) is 93.7 Å². The number of carbonyl (C=O) groups is 3. The summed E-state index contributed by atoms with van der Waals surface area (Å²) < 4.78 is 10.1. The van der Waals surface area contributed by atoms with Crippen molar-refractivity contribution in [3.05, 3.63) is 24.3 Å². The Morgan fingerprint density at radius 1 is 1.04 bits per heavy atom. The zero-order valence-electron chi connectivity index (χ0n) is 15.8. The van der Waals surface area contributed by atoms with E-state index in [0.717, 1.165) is 25.7 Å². The second-order valence-electron chi connectivity index (χ2n) is 6.67. The normalized spacial score (nSPS) is 14.3. The first-order valence-corrected chi connectivity index (χ1v) is 9.46. The van der Waals surface area contributed by atoms with E-state index in [2.05, 4.69) is 10.6 Å². The molecule has 0 saturated heterocycles. The van der Waals surface area contributed by atoms with Crippen LogP contribution in [0.25, 0.3) is 0 Å². The first-order chi connectivity index (χ1) is 13.1. The lowest BCUT2D eigenvalue weighted by atomic mass is 9.95. The van der Waals surface area contributed by atoms with Gasteiger partial charge in [0.15, 0.2) is 6.61 Å². The minimum absolute atomic E-state index is 0.0244. The number of ether oxygens (including phenoxy) is 2. The van der Waals surface area contributed by atoms with Gasteiger partial charge < -0.3 is 20.1 Å². The Labute approximate surface area is 159 Å². The number of para-hydroxylation sites is 2. The van der Waals surface area contributed by atoms with Crippen LogP contribution >= 0.6 is 0 Å². The molecule has 1 aliphatic carbocycles. The average molecular weight is 376 g/mol. The predicted octanol–water partition coefficient (Wildman–Crippen LogP) is 2.80. The highest BCUT2D eigenvalue weighted by Gasteiger charge is 2.16. The number of benzene rings is 1. The molecule has 0 unspecified atom stereocenters. The zero-order chi connectivity index (χ0) is 19.5. The molecule has 2 N–H and O–H groups in total. The number of amides is 2. The number of methoxy groups -OCH3 is 1. The van der Waals surface area contributed by atoms with Crippen molar-refractivity contribution < 1.29 is 23.9 Å². The minimum Gasteiger partial charge on any atom is -0.495 e. The molecule has 1 fully saturated rings. The molecule has 0 radical (unpaired) electrons. The van der Waals surface area contributed by atoms with Gasteiger partial charge in [0.25, 0.3) is 5.91 Å². The zero-order valence-corrected chi connectivity index (χ0v) is 15.8. The number of hydrogen-bond acceptors (Lipinski definition) is 5. The van der Waals surface area contributed by atoms with Crippen molar-refractivity contribution in [2.24, 2.45) is 0 Å². The molecule has 148 valence electrons. The maximum absolute atomic E-state index is 11.9. The van der Waals surface area contributed by atoms with Crippen molar-refractivity contribution in [2.45, 2.75) is 57.4 Å². The summed E-state index contributed by atoms with van der Waals surface area (Å²) >= 11 is 0. The Morgan fingerprint density at radius 2 is 1.78 bits per heavy atom. The second kappa shape index (κ2) is 11.2. The van der Waals surface area contributed by atoms with Crippen LogP contribution in [0.1, 0.15) is 51.4 Å². The number of hydrogen-bond donors (Lipinski definition) is 2. The summed E-state index contributed by atoms with van der Waals surface area (Å²) in [5, 5.41) is 5.65. The lowest BCUT2D eigenvalue weighted by Gasteiger charge is -2.22. The van der Waals surface area contributed by atoms with E-state index in [-0.39, 0.29) is 25.0 Å². The molecule has 0 bridgehead atoms. The van der Waals surface area contributed by atoms with Crippen molar-refractivity contribution in [1.29, 1.82) is 0 Å². The molecule has 0 aromatic heterocycles. The molecular formula is C20H28N2O5. The van der Waals surface area contributed by atoms with Gasteiger partial charge in [0.05, 0.1) is 12.8 Å². The van der Waals surface area contributed by atoms with Gasteiger partial charge in [-0.25, -0.2) is 0 Å². The molecule has 0 heterocycles. The molecule has 7 heteroatoms. The van der Waals surface area contributed by atoms with Crippen molar-refractivity contribution in [3.63, 3.8) is 0 Å². The van der Waals surface area contributed by atoms with E-state index < -0.39 is 11.9 Å². The van der Waals surface area contributed by atoms with Crippen LogP contribution in [0.2, 0.25) is 0 Å². The fourth-order valence-corrected chi connectivity index (χ4v) is 3.09. The Morgan fingerprint density at radius 3 is 2.52 bits per heavy atom. The van der Waals surface area contributed by atoms with Gasteiger partial charge >= 0.3 is 5.97 Å². The van der Waals surface area contributed by atoms with Crippen LogP contribution in [0, 0.1) is 0 Å². The van der Waals surface area contributed by atoms with E-state index in [0.29, 0.717) is 24.3 Å². The van der Waals surface area contributed by atoms with Crippen LogP contribution in [-0.4, -0.2) is 37.5 Å². The second-order valence-corrected chi connectivity index (χ2v) is 6.67. The van der Waals surface area contributed by atoms with E-state index in [4.69, 9.17) is 9.47 Å². The molecule has 2 amide bonds. The Kier molecular flexibility index (Phi) is 8.61. The molecule has 1 aliphatic rings. The van der Waals surface area contributed by atoms with Gasteiger partial charge in [-0.3, -0.25) is 14.4 Å². The lowest BCUT2D eigenvalue weighted by molar-refractivity contribution is -0.147. The van der Waals surface area contributed by atoms with Crippen LogP contribution in [-0.2, 0) is 19.1 Å². The first-order valence-electron chi connectivity index (χ1n) is 9.46. The summed E-state index contributed by atoms with van der Waals surface area (Å²) in [7, 11) is 1.51. The highest BCUT2D eigenvalue weighted by atomic mass is 16.5. The average Bonchev–Trinajstić information content (AvgIpc) is 2.67. The monoisotopic (exact) mass is 376 g/mol. The van der Waals surface area contributed by atoms with Gasteiger partial charge in [-0.15, -0.1) is 0 Å². The third-order valence-corrected chi connectivity index (χ3v) is 4.50. The Balaban J connectivity index is 1.60. The largest absolute Gasteiger partial charge is 0.495 e. The highest BCUT2D eigenvalue weighted by molar-refractivity contribution is 5.94. The van der Waals surface area contributed by atoms with E-state index >= 15 is 0 Å². The van der Waals surface area contributed by atoms with Gasteiger partial charge in [-0.05, 0) is 31.4 Å². The predicted molar refractivity (Wildman–Crippen MR) is 101 cm³/mol. The van der Waals surface area contributed by atoms with Crippen molar-refractivity contribution in [1.82, 2.24) is 5.32 Å². The molecule has 27 heavy (non-hydrogen) atoms. The molecule has 2 rings (SSSR count). The van der Waals surface area contributed by atoms with Crippen molar-refractivity contribution >= 4 is 23.5 Å². The van der Waals surface area contributed by atoms with Gasteiger partial charge in [0.2, 0.25) is 5.91 Å². The van der Waals surface area contributed by atoms with Crippen LogP contribution in [0.15, 0.2) is 24.3 Å². The molecular weight excluding hydrogens is 348 g/mol. The smallest absolute Gasteiger partial charge is 0.306 e. The number of rotatable bonds is 9. The summed E-state index contributed by atoms with van der Waals surface area (Å²) in [6.45, 7) is -0.370. The van der Waals surface area contributed by atoms with E-state index in [1.54, 1.807) is 24.3 Å². The summed E-state index contributed by atoms with van der Waals surface area (Å²) in [6, 6.07) is 7.25. The summed E-state index contributed by atoms with van der Waals surface area (Å²) in [5.74, 6) is -0.427. The molecule has 1 saturated carbocycles. The Bertz CT molecular complexity index is 641. The molecule has 1 aromatic rings. The number of nitrogens with one attached hydrogen (secondary N) is 2. The SMILES string of the molecule is COc1ccccc1NC(=O)COC(=O)CCCC(=O)NC1CCCCC1. The maximum atomic E-state index is 11.9. The number of carbonyl (C=O) groups excluding carboxylic acids is 3. The number of anilines is 1. The highest BCUT2D eigenvalue weighted by Crippen LogP contribution is 2.22. The van der Waals surface area contributed by atoms with Crippen LogP contribution in [0.5, 0.6) is 5.75 Å². The van der Waals surface area contributed by atoms with Crippen LogP contribution < -0.4 is 15.4 Å². The summed E-state index contributed by atoms with van der Waals surface area (Å²) in [6.07, 6.45) is 6.44. The fraction of sp³-hybridized carbons (Fsp3) is 0.550. The van der Waals surface area contributed by atoms with Crippen LogP contribution in [0.4, 0.5) is 5.69 Å². The van der Waals surface area contributed by atoms with Gasteiger partial charge in [0, 0.05) is 18.9 Å². The minimum atomic E-state index is -0.490. The quantitative estimate of drug-likeness (QED) is 0.647. The molecule has 0 spiro atoms. The van der Waals surface area contributed by atoms with E-state index in [1.807, 2.05) is 0 Å². The summed E-state index contributed by atoms with van der Waals surface area (Å²) in [5.41, 5.74) is 0.514. The third kappa shape index (κ3) is 7.68. The fourth-order valence-electron chi connectivity index (χ4n) is 3.09. The van der Waals surface area contributed by atoms with Crippen molar-refractivity contribution in [2.75, 3.05) is 19.0 Å². The van der Waals surface area contributed by atoms with Gasteiger partial charge in [-0.2, -0.15) is 0 Å².